The van der Waals surface area contributed by atoms with E-state index in [2.05, 4.69) is 42.5 Å². The van der Waals surface area contributed by atoms with Gasteiger partial charge < -0.3 is 15.2 Å². The van der Waals surface area contributed by atoms with Crippen molar-refractivity contribution in [3.05, 3.63) is 46.5 Å². The first-order valence-corrected chi connectivity index (χ1v) is 9.69. The first-order chi connectivity index (χ1) is 12.7. The molecule has 1 aromatic carbocycles. The molecule has 0 saturated heterocycles. The molecule has 6 nitrogen and oxygen atoms in total. The Morgan fingerprint density at radius 3 is 2.92 bits per heavy atom. The maximum Gasteiger partial charge on any atom is 0.191 e. The number of aryl methyl sites for hydroxylation is 1. The molecule has 0 spiro atoms. The summed E-state index contributed by atoms with van der Waals surface area (Å²) in [6.45, 7) is 2.51. The van der Waals surface area contributed by atoms with Gasteiger partial charge >= 0.3 is 0 Å². The Morgan fingerprint density at radius 2 is 2.15 bits per heavy atom. The van der Waals surface area contributed by atoms with Crippen molar-refractivity contribution in [3.63, 3.8) is 0 Å². The minimum Gasteiger partial charge on any atom is -0.356 e. The first-order valence-electron chi connectivity index (χ1n) is 9.32. The molecule has 1 aliphatic heterocycles. The standard InChI is InChI=1S/C19H25ClN6/c1-21-18(22-12-17-25-24-16-7-2-3-10-26(16)17)23-13-19(8-9-19)14-5-4-6-15(20)11-14/h4-6,11H,2-3,7-10,12-13H2,1H3,(H2,21,22,23). The van der Waals surface area contributed by atoms with Crippen LogP contribution in [0.15, 0.2) is 29.3 Å². The Kier molecular flexibility index (Phi) is 4.85. The van der Waals surface area contributed by atoms with Gasteiger partial charge in [-0.1, -0.05) is 23.7 Å². The van der Waals surface area contributed by atoms with Crippen molar-refractivity contribution in [2.75, 3.05) is 13.6 Å². The minimum absolute atomic E-state index is 0.177. The van der Waals surface area contributed by atoms with E-state index in [4.69, 9.17) is 11.6 Å². The lowest BCUT2D eigenvalue weighted by atomic mass is 9.96. The molecule has 2 heterocycles. The molecule has 2 N–H and O–H groups in total. The van der Waals surface area contributed by atoms with E-state index in [-0.39, 0.29) is 5.41 Å². The lowest BCUT2D eigenvalue weighted by molar-refractivity contribution is 0.504. The summed E-state index contributed by atoms with van der Waals surface area (Å²) in [5.41, 5.74) is 1.48. The summed E-state index contributed by atoms with van der Waals surface area (Å²) in [7, 11) is 1.80. The van der Waals surface area contributed by atoms with Gasteiger partial charge in [0, 0.05) is 37.0 Å². The second kappa shape index (κ2) is 7.27. The first kappa shape index (κ1) is 17.3. The van der Waals surface area contributed by atoms with Crippen molar-refractivity contribution in [2.24, 2.45) is 4.99 Å². The van der Waals surface area contributed by atoms with Crippen LogP contribution >= 0.6 is 11.6 Å². The van der Waals surface area contributed by atoms with Gasteiger partial charge in [-0.25, -0.2) is 0 Å². The topological polar surface area (TPSA) is 67.1 Å². The van der Waals surface area contributed by atoms with Crippen LogP contribution < -0.4 is 10.6 Å². The Morgan fingerprint density at radius 1 is 1.27 bits per heavy atom. The van der Waals surface area contributed by atoms with Crippen LogP contribution in [0.1, 0.15) is 42.9 Å². The number of fused-ring (bicyclic) bond motifs is 1. The van der Waals surface area contributed by atoms with E-state index < -0.39 is 0 Å². The van der Waals surface area contributed by atoms with Crippen molar-refractivity contribution in [1.29, 1.82) is 0 Å². The van der Waals surface area contributed by atoms with Crippen LogP contribution in [-0.4, -0.2) is 34.3 Å². The van der Waals surface area contributed by atoms with Gasteiger partial charge in [-0.15, -0.1) is 10.2 Å². The van der Waals surface area contributed by atoms with Crippen molar-refractivity contribution in [2.45, 2.75) is 50.6 Å². The molecule has 26 heavy (non-hydrogen) atoms. The molecule has 138 valence electrons. The Balaban J connectivity index is 1.35. The van der Waals surface area contributed by atoms with Gasteiger partial charge in [0.15, 0.2) is 11.8 Å². The number of nitrogens with one attached hydrogen (secondary N) is 2. The highest BCUT2D eigenvalue weighted by Crippen LogP contribution is 2.48. The third-order valence-corrected chi connectivity index (χ3v) is 5.69. The second-order valence-electron chi connectivity index (χ2n) is 7.21. The Labute approximate surface area is 159 Å². The van der Waals surface area contributed by atoms with E-state index in [1.165, 1.54) is 31.2 Å². The number of hydrogen-bond acceptors (Lipinski definition) is 3. The maximum atomic E-state index is 6.16. The molecular weight excluding hydrogens is 348 g/mol. The molecule has 1 fully saturated rings. The van der Waals surface area contributed by atoms with E-state index in [9.17, 15) is 0 Å². The van der Waals surface area contributed by atoms with Crippen molar-refractivity contribution in [3.8, 4) is 0 Å². The Hall–Kier alpha value is -2.08. The minimum atomic E-state index is 0.177. The molecule has 4 rings (SSSR count). The van der Waals surface area contributed by atoms with Crippen LogP contribution in [-0.2, 0) is 24.9 Å². The Bertz CT molecular complexity index is 808. The molecule has 0 bridgehead atoms. The highest BCUT2D eigenvalue weighted by Gasteiger charge is 2.44. The van der Waals surface area contributed by atoms with Crippen molar-refractivity contribution >= 4 is 17.6 Å². The lowest BCUT2D eigenvalue weighted by Gasteiger charge is -2.20. The highest BCUT2D eigenvalue weighted by atomic mass is 35.5. The zero-order chi connectivity index (χ0) is 18.0. The van der Waals surface area contributed by atoms with Crippen LogP contribution in [0.25, 0.3) is 0 Å². The zero-order valence-corrected chi connectivity index (χ0v) is 15.9. The van der Waals surface area contributed by atoms with E-state index in [1.807, 2.05) is 12.1 Å². The lowest BCUT2D eigenvalue weighted by Crippen LogP contribution is -2.41. The fourth-order valence-electron chi connectivity index (χ4n) is 3.67. The molecule has 1 aromatic heterocycles. The molecule has 7 heteroatoms. The number of halogens is 1. The highest BCUT2D eigenvalue weighted by molar-refractivity contribution is 6.30. The summed E-state index contributed by atoms with van der Waals surface area (Å²) < 4.78 is 2.23. The van der Waals surface area contributed by atoms with Crippen LogP contribution in [0.5, 0.6) is 0 Å². The molecule has 0 radical (unpaired) electrons. The maximum absolute atomic E-state index is 6.16. The summed E-state index contributed by atoms with van der Waals surface area (Å²) >= 11 is 6.16. The summed E-state index contributed by atoms with van der Waals surface area (Å²) in [4.78, 5) is 4.35. The van der Waals surface area contributed by atoms with E-state index in [1.54, 1.807) is 7.05 Å². The average Bonchev–Trinajstić information content (AvgIpc) is 3.35. The molecule has 1 saturated carbocycles. The van der Waals surface area contributed by atoms with Crippen molar-refractivity contribution < 1.29 is 0 Å². The van der Waals surface area contributed by atoms with E-state index in [0.29, 0.717) is 6.54 Å². The summed E-state index contributed by atoms with van der Waals surface area (Å²) in [6.07, 6.45) is 5.79. The third-order valence-electron chi connectivity index (χ3n) is 5.46. The van der Waals surface area contributed by atoms with Gasteiger partial charge in [0.2, 0.25) is 0 Å². The average molecular weight is 373 g/mol. The summed E-state index contributed by atoms with van der Waals surface area (Å²) in [5, 5.41) is 16.3. The van der Waals surface area contributed by atoms with Gasteiger partial charge in [0.25, 0.3) is 0 Å². The van der Waals surface area contributed by atoms with Gasteiger partial charge in [-0.2, -0.15) is 0 Å². The number of benzene rings is 1. The number of hydrogen-bond donors (Lipinski definition) is 2. The quantitative estimate of drug-likeness (QED) is 0.625. The predicted octanol–water partition coefficient (Wildman–Crippen LogP) is 2.66. The van der Waals surface area contributed by atoms with Crippen LogP contribution in [0.4, 0.5) is 0 Å². The van der Waals surface area contributed by atoms with Crippen LogP contribution in [0.3, 0.4) is 0 Å². The monoisotopic (exact) mass is 372 g/mol. The van der Waals surface area contributed by atoms with Gasteiger partial charge in [0.05, 0.1) is 6.54 Å². The smallest absolute Gasteiger partial charge is 0.191 e. The van der Waals surface area contributed by atoms with Crippen molar-refractivity contribution in [1.82, 2.24) is 25.4 Å². The number of nitrogens with zero attached hydrogens (tertiary/aromatic N) is 4. The zero-order valence-electron chi connectivity index (χ0n) is 15.1. The molecule has 2 aromatic rings. The summed E-state index contributed by atoms with van der Waals surface area (Å²) in [5.74, 6) is 2.89. The summed E-state index contributed by atoms with van der Waals surface area (Å²) in [6, 6.07) is 8.20. The molecular formula is C19H25ClN6. The molecule has 0 unspecified atom stereocenters. The van der Waals surface area contributed by atoms with Gasteiger partial charge in [0.1, 0.15) is 5.82 Å². The van der Waals surface area contributed by atoms with Gasteiger partial charge in [-0.3, -0.25) is 4.99 Å². The number of rotatable bonds is 5. The normalized spacial score (nSPS) is 18.3. The predicted molar refractivity (Wildman–Crippen MR) is 104 cm³/mol. The number of aliphatic imine (C=N–C) groups is 1. The molecule has 1 aliphatic carbocycles. The van der Waals surface area contributed by atoms with Crippen LogP contribution in [0.2, 0.25) is 5.02 Å². The van der Waals surface area contributed by atoms with Crippen LogP contribution in [0, 0.1) is 0 Å². The fraction of sp³-hybridized carbons (Fsp3) is 0.526. The van der Waals surface area contributed by atoms with E-state index >= 15 is 0 Å². The number of guanidine groups is 1. The molecule has 0 atom stereocenters. The third kappa shape index (κ3) is 3.56. The number of aromatic nitrogens is 3. The SMILES string of the molecule is CN=C(NCc1nnc2n1CCCC2)NCC1(c2cccc(Cl)c2)CC1. The largest absolute Gasteiger partial charge is 0.356 e. The molecule has 2 aliphatic rings. The second-order valence-corrected chi connectivity index (χ2v) is 7.65. The van der Waals surface area contributed by atoms with Gasteiger partial charge in [-0.05, 0) is 43.4 Å². The molecule has 0 amide bonds. The van der Waals surface area contributed by atoms with E-state index in [0.717, 1.165) is 42.1 Å². The fourth-order valence-corrected chi connectivity index (χ4v) is 3.86.